The first-order chi connectivity index (χ1) is 12.7. The molecule has 0 fully saturated rings. The van der Waals surface area contributed by atoms with E-state index in [2.05, 4.69) is 10.3 Å². The van der Waals surface area contributed by atoms with E-state index in [9.17, 15) is 0 Å². The summed E-state index contributed by atoms with van der Waals surface area (Å²) >= 11 is 6.16. The van der Waals surface area contributed by atoms with Crippen LogP contribution < -0.4 is 14.8 Å². The summed E-state index contributed by atoms with van der Waals surface area (Å²) in [6, 6.07) is 15.2. The fraction of sp³-hybridized carbons (Fsp3) is 0.100. The Morgan fingerprint density at radius 1 is 0.885 bits per heavy atom. The van der Waals surface area contributed by atoms with Gasteiger partial charge in [0.1, 0.15) is 5.75 Å². The maximum absolute atomic E-state index is 6.16. The lowest BCUT2D eigenvalue weighted by Gasteiger charge is -2.14. The molecule has 5 nitrogen and oxygen atoms in total. The molecule has 0 atom stereocenters. The van der Waals surface area contributed by atoms with E-state index < -0.39 is 0 Å². The van der Waals surface area contributed by atoms with Gasteiger partial charge in [-0.1, -0.05) is 11.6 Å². The second-order valence-electron chi connectivity index (χ2n) is 5.75. The van der Waals surface area contributed by atoms with Gasteiger partial charge < -0.3 is 14.8 Å². The summed E-state index contributed by atoms with van der Waals surface area (Å²) < 4.78 is 10.5. The van der Waals surface area contributed by atoms with Crippen molar-refractivity contribution in [2.45, 2.75) is 0 Å². The number of halogens is 1. The van der Waals surface area contributed by atoms with Crippen LogP contribution in [-0.2, 0) is 0 Å². The minimum Gasteiger partial charge on any atom is -0.497 e. The molecule has 4 aromatic rings. The minimum atomic E-state index is 0.563. The van der Waals surface area contributed by atoms with Gasteiger partial charge in [-0.25, -0.2) is 9.97 Å². The molecule has 0 aliphatic rings. The van der Waals surface area contributed by atoms with Crippen LogP contribution in [0.5, 0.6) is 11.6 Å². The fourth-order valence-corrected chi connectivity index (χ4v) is 3.04. The van der Waals surface area contributed by atoms with Crippen molar-refractivity contribution >= 4 is 44.8 Å². The van der Waals surface area contributed by atoms with E-state index in [1.165, 1.54) is 0 Å². The minimum absolute atomic E-state index is 0.563. The molecule has 0 radical (unpaired) electrons. The number of nitrogens with one attached hydrogen (secondary N) is 1. The molecule has 0 aliphatic heterocycles. The van der Waals surface area contributed by atoms with E-state index in [1.54, 1.807) is 20.4 Å². The molecule has 0 unspecified atom stereocenters. The van der Waals surface area contributed by atoms with Crippen molar-refractivity contribution in [2.24, 2.45) is 0 Å². The Kier molecular flexibility index (Phi) is 4.22. The number of anilines is 2. The highest BCUT2D eigenvalue weighted by molar-refractivity contribution is 6.31. The van der Waals surface area contributed by atoms with E-state index in [0.29, 0.717) is 10.9 Å². The first kappa shape index (κ1) is 16.4. The van der Waals surface area contributed by atoms with Crippen molar-refractivity contribution in [1.82, 2.24) is 9.97 Å². The smallest absolute Gasteiger partial charge is 0.213 e. The maximum Gasteiger partial charge on any atom is 0.213 e. The second-order valence-corrected chi connectivity index (χ2v) is 6.18. The van der Waals surface area contributed by atoms with Crippen LogP contribution in [0.25, 0.3) is 21.8 Å². The summed E-state index contributed by atoms with van der Waals surface area (Å²) in [6.45, 7) is 0. The Bertz CT molecular complexity index is 1100. The highest BCUT2D eigenvalue weighted by atomic mass is 35.5. The van der Waals surface area contributed by atoms with Gasteiger partial charge in [-0.3, -0.25) is 0 Å². The molecule has 6 heteroatoms. The molecule has 4 rings (SSSR count). The highest BCUT2D eigenvalue weighted by Gasteiger charge is 2.11. The number of rotatable bonds is 4. The topological polar surface area (TPSA) is 56.3 Å². The number of pyridine rings is 2. The molecule has 0 saturated heterocycles. The van der Waals surface area contributed by atoms with Crippen molar-refractivity contribution in [3.63, 3.8) is 0 Å². The number of nitrogens with zero attached hydrogens (tertiary/aromatic N) is 2. The standard InChI is InChI=1S/C20H16ClN3O2/c1-25-14-5-7-17-16(10-14)20(15-6-3-12(21)9-18(15)24-17)23-13-4-8-19(26-2)22-11-13/h3-11H,1-2H3,(H,23,24). The monoisotopic (exact) mass is 365 g/mol. The lowest BCUT2D eigenvalue weighted by molar-refractivity contribution is 0.398. The molecule has 0 aliphatic carbocycles. The lowest BCUT2D eigenvalue weighted by Crippen LogP contribution is -1.97. The molecule has 0 amide bonds. The SMILES string of the molecule is COc1ccc2nc3cc(Cl)ccc3c(Nc3ccc(OC)nc3)c2c1. The largest absolute Gasteiger partial charge is 0.497 e. The molecule has 2 aromatic carbocycles. The van der Waals surface area contributed by atoms with E-state index in [4.69, 9.17) is 26.1 Å². The van der Waals surface area contributed by atoms with E-state index in [0.717, 1.165) is 38.9 Å². The Morgan fingerprint density at radius 3 is 2.50 bits per heavy atom. The van der Waals surface area contributed by atoms with Crippen molar-refractivity contribution < 1.29 is 9.47 Å². The normalized spacial score (nSPS) is 10.9. The molecular weight excluding hydrogens is 350 g/mol. The van der Waals surface area contributed by atoms with Gasteiger partial charge in [-0.15, -0.1) is 0 Å². The van der Waals surface area contributed by atoms with E-state index in [1.807, 2.05) is 48.5 Å². The first-order valence-electron chi connectivity index (χ1n) is 8.02. The number of hydrogen-bond donors (Lipinski definition) is 1. The number of aromatic nitrogens is 2. The molecule has 0 bridgehead atoms. The Labute approximate surface area is 155 Å². The zero-order valence-electron chi connectivity index (χ0n) is 14.3. The molecule has 130 valence electrons. The maximum atomic E-state index is 6.16. The van der Waals surface area contributed by atoms with Gasteiger partial charge in [0.25, 0.3) is 0 Å². The van der Waals surface area contributed by atoms with Crippen LogP contribution in [0, 0.1) is 0 Å². The van der Waals surface area contributed by atoms with Gasteiger partial charge in [-0.05, 0) is 42.5 Å². The number of fused-ring (bicyclic) bond motifs is 2. The zero-order valence-corrected chi connectivity index (χ0v) is 15.0. The first-order valence-corrected chi connectivity index (χ1v) is 8.40. The van der Waals surface area contributed by atoms with Crippen LogP contribution in [-0.4, -0.2) is 24.2 Å². The third-order valence-corrected chi connectivity index (χ3v) is 4.39. The van der Waals surface area contributed by atoms with Crippen molar-refractivity contribution in [3.05, 3.63) is 59.8 Å². The summed E-state index contributed by atoms with van der Waals surface area (Å²) in [6.07, 6.45) is 1.73. The van der Waals surface area contributed by atoms with Gasteiger partial charge in [0.05, 0.1) is 42.8 Å². The summed E-state index contributed by atoms with van der Waals surface area (Å²) in [4.78, 5) is 8.98. The van der Waals surface area contributed by atoms with Crippen LogP contribution in [0.1, 0.15) is 0 Å². The summed E-state index contributed by atoms with van der Waals surface area (Å²) in [5.41, 5.74) is 3.44. The third-order valence-electron chi connectivity index (χ3n) is 4.16. The van der Waals surface area contributed by atoms with Gasteiger partial charge >= 0.3 is 0 Å². The summed E-state index contributed by atoms with van der Waals surface area (Å²) in [5.74, 6) is 1.33. The number of ether oxygens (including phenoxy) is 2. The molecule has 2 heterocycles. The predicted octanol–water partition coefficient (Wildman–Crippen LogP) is 5.20. The number of benzene rings is 2. The quantitative estimate of drug-likeness (QED) is 0.504. The fourth-order valence-electron chi connectivity index (χ4n) is 2.88. The summed E-state index contributed by atoms with van der Waals surface area (Å²) in [5, 5.41) is 6.02. The number of hydrogen-bond acceptors (Lipinski definition) is 5. The molecule has 26 heavy (non-hydrogen) atoms. The predicted molar refractivity (Wildman–Crippen MR) is 105 cm³/mol. The average molecular weight is 366 g/mol. The lowest BCUT2D eigenvalue weighted by atomic mass is 10.1. The van der Waals surface area contributed by atoms with Gasteiger partial charge in [-0.2, -0.15) is 0 Å². The van der Waals surface area contributed by atoms with Gasteiger partial charge in [0.15, 0.2) is 0 Å². The zero-order chi connectivity index (χ0) is 18.1. The van der Waals surface area contributed by atoms with Crippen LogP contribution >= 0.6 is 11.6 Å². The van der Waals surface area contributed by atoms with Crippen molar-refractivity contribution in [1.29, 1.82) is 0 Å². The summed E-state index contributed by atoms with van der Waals surface area (Å²) in [7, 11) is 3.24. The van der Waals surface area contributed by atoms with Crippen LogP contribution in [0.15, 0.2) is 54.7 Å². The van der Waals surface area contributed by atoms with Crippen LogP contribution in [0.4, 0.5) is 11.4 Å². The Morgan fingerprint density at radius 2 is 1.77 bits per heavy atom. The average Bonchev–Trinajstić information content (AvgIpc) is 2.67. The molecule has 1 N–H and O–H groups in total. The molecular formula is C20H16ClN3O2. The van der Waals surface area contributed by atoms with Crippen LogP contribution in [0.2, 0.25) is 5.02 Å². The molecule has 0 saturated carbocycles. The molecule has 0 spiro atoms. The van der Waals surface area contributed by atoms with Crippen LogP contribution in [0.3, 0.4) is 0 Å². The van der Waals surface area contributed by atoms with E-state index >= 15 is 0 Å². The number of methoxy groups -OCH3 is 2. The van der Waals surface area contributed by atoms with Crippen molar-refractivity contribution in [3.8, 4) is 11.6 Å². The Hall–Kier alpha value is -3.05. The highest BCUT2D eigenvalue weighted by Crippen LogP contribution is 2.35. The Balaban J connectivity index is 1.94. The third kappa shape index (κ3) is 2.97. The van der Waals surface area contributed by atoms with Gasteiger partial charge in [0, 0.05) is 21.9 Å². The van der Waals surface area contributed by atoms with E-state index in [-0.39, 0.29) is 0 Å². The van der Waals surface area contributed by atoms with Gasteiger partial charge in [0.2, 0.25) is 5.88 Å². The molecule has 2 aromatic heterocycles. The van der Waals surface area contributed by atoms with Crippen molar-refractivity contribution in [2.75, 3.05) is 19.5 Å². The second kappa shape index (κ2) is 6.69.